The Morgan fingerprint density at radius 3 is 2.68 bits per heavy atom. The lowest BCUT2D eigenvalue weighted by Gasteiger charge is -2.30. The van der Waals surface area contributed by atoms with Crippen molar-refractivity contribution in [3.63, 3.8) is 0 Å². The Morgan fingerprint density at radius 2 is 1.96 bits per heavy atom. The Kier molecular flexibility index (Phi) is 6.35. The molecule has 0 unspecified atom stereocenters. The van der Waals surface area contributed by atoms with Gasteiger partial charge < -0.3 is 10.2 Å². The minimum Gasteiger partial charge on any atom is -0.351 e. The molecular weight excluding hydrogens is 310 g/mol. The van der Waals surface area contributed by atoms with Gasteiger partial charge in [0.05, 0.1) is 5.56 Å². The van der Waals surface area contributed by atoms with Crippen LogP contribution >= 0.6 is 0 Å². The fourth-order valence-corrected chi connectivity index (χ4v) is 3.11. The number of nitrogens with zero attached hydrogens (tertiary/aromatic N) is 2. The number of hydrogen-bond acceptors (Lipinski definition) is 3. The van der Waals surface area contributed by atoms with E-state index in [1.807, 2.05) is 6.07 Å². The summed E-state index contributed by atoms with van der Waals surface area (Å²) in [6.45, 7) is 3.76. The maximum Gasteiger partial charge on any atom is 0.252 e. The highest BCUT2D eigenvalue weighted by Gasteiger charge is 2.17. The van der Waals surface area contributed by atoms with Gasteiger partial charge in [0.15, 0.2) is 0 Å². The molecule has 1 aliphatic heterocycles. The first kappa shape index (κ1) is 17.4. The van der Waals surface area contributed by atoms with Gasteiger partial charge in [0.1, 0.15) is 0 Å². The van der Waals surface area contributed by atoms with E-state index in [0.29, 0.717) is 18.0 Å². The molecule has 4 nitrogen and oxygen atoms in total. The minimum atomic E-state index is -0.0474. The van der Waals surface area contributed by atoms with Crippen molar-refractivity contribution in [1.82, 2.24) is 15.2 Å². The Balaban J connectivity index is 1.35. The normalized spacial score (nSPS) is 16.2. The third-order valence-corrected chi connectivity index (χ3v) is 4.63. The quantitative estimate of drug-likeness (QED) is 0.881. The largest absolute Gasteiger partial charge is 0.351 e. The average molecular weight is 335 g/mol. The molecule has 1 saturated heterocycles. The smallest absolute Gasteiger partial charge is 0.252 e. The molecule has 1 amide bonds. The monoisotopic (exact) mass is 335 g/mol. The van der Waals surface area contributed by atoms with Crippen LogP contribution in [0, 0.1) is 5.92 Å². The summed E-state index contributed by atoms with van der Waals surface area (Å²) >= 11 is 0. The summed E-state index contributed by atoms with van der Waals surface area (Å²) in [6, 6.07) is 14.0. The average Bonchev–Trinajstić information content (AvgIpc) is 2.69. The predicted octanol–water partition coefficient (Wildman–Crippen LogP) is 3.24. The first-order valence-corrected chi connectivity index (χ1v) is 8.95. The zero-order chi connectivity index (χ0) is 17.3. The van der Waals surface area contributed by atoms with Crippen molar-refractivity contribution < 1.29 is 4.79 Å². The number of amides is 1. The second-order valence-electron chi connectivity index (χ2n) is 6.45. The fourth-order valence-electron chi connectivity index (χ4n) is 3.11. The summed E-state index contributed by atoms with van der Waals surface area (Å²) in [7, 11) is 0. The van der Waals surface area contributed by atoms with Crippen LogP contribution in [0.2, 0.25) is 0 Å². The van der Waals surface area contributed by atoms with Crippen LogP contribution in [0.15, 0.2) is 60.9 Å². The van der Waals surface area contributed by atoms with Crippen LogP contribution in [0.3, 0.4) is 0 Å². The number of carbonyl (C=O) groups is 1. The van der Waals surface area contributed by atoms with Gasteiger partial charge in [0.25, 0.3) is 5.91 Å². The van der Waals surface area contributed by atoms with Crippen LogP contribution in [-0.2, 0) is 0 Å². The van der Waals surface area contributed by atoms with Crippen LogP contribution in [0.25, 0.3) is 6.08 Å². The maximum atomic E-state index is 12.0. The molecule has 0 bridgehead atoms. The standard InChI is InChI=1S/C21H25N3O/c25-21(20-7-4-12-22-17-20)23-13-16-24-14-10-19(11-15-24)9-8-18-5-2-1-3-6-18/h1-9,12,17,19H,10-11,13-16H2,(H,23,25)/b9-8+. The Morgan fingerprint density at radius 1 is 1.16 bits per heavy atom. The number of piperidine rings is 1. The number of carbonyl (C=O) groups excluding carboxylic acids is 1. The molecule has 0 saturated carbocycles. The highest BCUT2D eigenvalue weighted by molar-refractivity contribution is 5.93. The number of pyridine rings is 1. The number of hydrogen-bond donors (Lipinski definition) is 1. The van der Waals surface area contributed by atoms with E-state index in [1.54, 1.807) is 24.5 Å². The van der Waals surface area contributed by atoms with E-state index in [2.05, 4.69) is 51.6 Å². The third kappa shape index (κ3) is 5.54. The van der Waals surface area contributed by atoms with E-state index in [9.17, 15) is 4.79 Å². The molecular formula is C21H25N3O. The predicted molar refractivity (Wildman–Crippen MR) is 101 cm³/mol. The Hall–Kier alpha value is -2.46. The molecule has 1 aliphatic rings. The molecule has 0 atom stereocenters. The van der Waals surface area contributed by atoms with Gasteiger partial charge in [-0.05, 0) is 49.5 Å². The van der Waals surface area contributed by atoms with E-state index in [0.717, 1.165) is 19.6 Å². The Bertz CT molecular complexity index is 677. The minimum absolute atomic E-state index is 0.0474. The summed E-state index contributed by atoms with van der Waals surface area (Å²) in [6.07, 6.45) is 10.2. The molecule has 1 aromatic heterocycles. The number of rotatable bonds is 6. The van der Waals surface area contributed by atoms with E-state index in [4.69, 9.17) is 0 Å². The van der Waals surface area contributed by atoms with Crippen molar-refractivity contribution in [2.75, 3.05) is 26.2 Å². The van der Waals surface area contributed by atoms with Crippen molar-refractivity contribution >= 4 is 12.0 Å². The van der Waals surface area contributed by atoms with Gasteiger partial charge in [0, 0.05) is 25.5 Å². The van der Waals surface area contributed by atoms with E-state index in [-0.39, 0.29) is 5.91 Å². The molecule has 3 rings (SSSR count). The van der Waals surface area contributed by atoms with Crippen molar-refractivity contribution in [3.05, 3.63) is 72.1 Å². The van der Waals surface area contributed by atoms with E-state index in [1.165, 1.54) is 18.4 Å². The highest BCUT2D eigenvalue weighted by atomic mass is 16.1. The van der Waals surface area contributed by atoms with Crippen molar-refractivity contribution in [1.29, 1.82) is 0 Å². The Labute approximate surface area is 149 Å². The van der Waals surface area contributed by atoms with Gasteiger partial charge in [0.2, 0.25) is 0 Å². The van der Waals surface area contributed by atoms with Crippen molar-refractivity contribution in [2.24, 2.45) is 5.92 Å². The van der Waals surface area contributed by atoms with Crippen LogP contribution in [0.1, 0.15) is 28.8 Å². The first-order valence-electron chi connectivity index (χ1n) is 8.95. The second kappa shape index (κ2) is 9.14. The maximum absolute atomic E-state index is 12.0. The zero-order valence-corrected chi connectivity index (χ0v) is 14.5. The molecule has 0 spiro atoms. The first-order chi connectivity index (χ1) is 12.3. The van der Waals surface area contributed by atoms with Crippen LogP contribution in [0.5, 0.6) is 0 Å². The number of aromatic nitrogens is 1. The molecule has 4 heteroatoms. The van der Waals surface area contributed by atoms with Gasteiger partial charge in [-0.15, -0.1) is 0 Å². The van der Waals surface area contributed by atoms with Gasteiger partial charge in [-0.3, -0.25) is 9.78 Å². The molecule has 1 N–H and O–H groups in total. The SMILES string of the molecule is O=C(NCCN1CCC(/C=C/c2ccccc2)CC1)c1cccnc1. The zero-order valence-electron chi connectivity index (χ0n) is 14.5. The van der Waals surface area contributed by atoms with Gasteiger partial charge >= 0.3 is 0 Å². The molecule has 2 aromatic rings. The molecule has 1 aromatic carbocycles. The second-order valence-corrected chi connectivity index (χ2v) is 6.45. The van der Waals surface area contributed by atoms with Gasteiger partial charge in [-0.25, -0.2) is 0 Å². The lowest BCUT2D eigenvalue weighted by atomic mass is 9.95. The number of nitrogens with one attached hydrogen (secondary N) is 1. The summed E-state index contributed by atoms with van der Waals surface area (Å²) in [5, 5.41) is 2.97. The molecule has 0 radical (unpaired) electrons. The summed E-state index contributed by atoms with van der Waals surface area (Å²) in [4.78, 5) is 18.4. The fraction of sp³-hybridized carbons (Fsp3) is 0.333. The summed E-state index contributed by atoms with van der Waals surface area (Å²) < 4.78 is 0. The lowest BCUT2D eigenvalue weighted by Crippen LogP contribution is -2.39. The molecule has 25 heavy (non-hydrogen) atoms. The highest BCUT2D eigenvalue weighted by Crippen LogP contribution is 2.19. The summed E-state index contributed by atoms with van der Waals surface area (Å²) in [5.74, 6) is 0.607. The third-order valence-electron chi connectivity index (χ3n) is 4.63. The van der Waals surface area contributed by atoms with Gasteiger partial charge in [-0.1, -0.05) is 42.5 Å². The van der Waals surface area contributed by atoms with Crippen molar-refractivity contribution in [3.8, 4) is 0 Å². The number of benzene rings is 1. The van der Waals surface area contributed by atoms with E-state index < -0.39 is 0 Å². The van der Waals surface area contributed by atoms with Gasteiger partial charge in [-0.2, -0.15) is 0 Å². The van der Waals surface area contributed by atoms with Crippen LogP contribution in [0.4, 0.5) is 0 Å². The van der Waals surface area contributed by atoms with Crippen molar-refractivity contribution in [2.45, 2.75) is 12.8 Å². The molecule has 2 heterocycles. The summed E-state index contributed by atoms with van der Waals surface area (Å²) in [5.41, 5.74) is 1.88. The topological polar surface area (TPSA) is 45.2 Å². The van der Waals surface area contributed by atoms with Crippen LogP contribution in [-0.4, -0.2) is 42.0 Å². The number of likely N-dealkylation sites (tertiary alicyclic amines) is 1. The van der Waals surface area contributed by atoms with E-state index >= 15 is 0 Å². The molecule has 1 fully saturated rings. The van der Waals surface area contributed by atoms with Crippen LogP contribution < -0.4 is 5.32 Å². The lowest BCUT2D eigenvalue weighted by molar-refractivity contribution is 0.0945. The molecule has 130 valence electrons. The number of allylic oxidation sites excluding steroid dienone is 1. The molecule has 0 aliphatic carbocycles.